The number of carbonyl (C=O) groups is 2. The van der Waals surface area contributed by atoms with Crippen molar-refractivity contribution in [3.05, 3.63) is 10.4 Å². The molecule has 5 nitrogen and oxygen atoms in total. The van der Waals surface area contributed by atoms with Crippen molar-refractivity contribution in [2.24, 2.45) is 16.4 Å². The third-order valence-corrected chi connectivity index (χ3v) is 3.05. The molecular formula is C13H23N3O2. The maximum absolute atomic E-state index is 11.8. The van der Waals surface area contributed by atoms with Crippen molar-refractivity contribution >= 4 is 11.6 Å². The number of carbonyl (C=O) groups excluding carboxylic acids is 2. The summed E-state index contributed by atoms with van der Waals surface area (Å²) in [6.45, 7) is 7.98. The topological polar surface area (TPSA) is 82.9 Å². The monoisotopic (exact) mass is 253 g/mol. The van der Waals surface area contributed by atoms with Crippen LogP contribution in [0, 0.1) is 11.3 Å². The van der Waals surface area contributed by atoms with Gasteiger partial charge in [-0.25, -0.2) is 0 Å². The number of hydrogen-bond donors (Lipinski definition) is 0. The van der Waals surface area contributed by atoms with E-state index in [1.807, 2.05) is 20.8 Å². The van der Waals surface area contributed by atoms with Gasteiger partial charge >= 0.3 is 0 Å². The maximum Gasteiger partial charge on any atom is 0.133 e. The van der Waals surface area contributed by atoms with E-state index in [1.165, 1.54) is 6.92 Å². The number of Topliss-reactive ketones (excluding diaryl/α,β-unsaturated/α-hetero) is 2. The first-order valence-electron chi connectivity index (χ1n) is 6.29. The maximum atomic E-state index is 11.8. The van der Waals surface area contributed by atoms with E-state index in [2.05, 4.69) is 10.0 Å². The van der Waals surface area contributed by atoms with E-state index in [1.54, 1.807) is 0 Å². The summed E-state index contributed by atoms with van der Waals surface area (Å²) in [6, 6.07) is 0. The highest BCUT2D eigenvalue weighted by molar-refractivity contribution is 5.80. The second-order valence-corrected chi connectivity index (χ2v) is 5.77. The van der Waals surface area contributed by atoms with Gasteiger partial charge in [0.15, 0.2) is 0 Å². The van der Waals surface area contributed by atoms with Crippen molar-refractivity contribution in [1.82, 2.24) is 0 Å². The molecule has 0 saturated heterocycles. The lowest BCUT2D eigenvalue weighted by Crippen LogP contribution is -2.25. The Morgan fingerprint density at radius 1 is 1.28 bits per heavy atom. The van der Waals surface area contributed by atoms with Crippen LogP contribution in [0.5, 0.6) is 0 Å². The Hall–Kier alpha value is -1.35. The van der Waals surface area contributed by atoms with E-state index in [-0.39, 0.29) is 22.9 Å². The second kappa shape index (κ2) is 7.88. The van der Waals surface area contributed by atoms with Crippen LogP contribution >= 0.6 is 0 Å². The lowest BCUT2D eigenvalue weighted by Gasteiger charge is -2.29. The standard InChI is InChI=1S/C13H23N3O2/c1-10(17)6-5-7-12(18)8-11(9-15-16-14)13(2,3)4/h11H,5-9H2,1-4H3. The van der Waals surface area contributed by atoms with Crippen molar-refractivity contribution in [2.45, 2.75) is 53.4 Å². The molecule has 0 aromatic rings. The molecule has 1 unspecified atom stereocenters. The third-order valence-electron chi connectivity index (χ3n) is 3.05. The Morgan fingerprint density at radius 2 is 1.89 bits per heavy atom. The molecule has 1 atom stereocenters. The molecule has 0 bridgehead atoms. The predicted octanol–water partition coefficient (Wildman–Crippen LogP) is 3.68. The summed E-state index contributed by atoms with van der Waals surface area (Å²) in [7, 11) is 0. The summed E-state index contributed by atoms with van der Waals surface area (Å²) in [5.41, 5.74) is 8.29. The van der Waals surface area contributed by atoms with Gasteiger partial charge in [-0.1, -0.05) is 25.9 Å². The number of ketones is 2. The summed E-state index contributed by atoms with van der Waals surface area (Å²) >= 11 is 0. The molecule has 0 aromatic carbocycles. The molecule has 0 N–H and O–H groups in total. The molecule has 18 heavy (non-hydrogen) atoms. The van der Waals surface area contributed by atoms with Crippen LogP contribution in [0.4, 0.5) is 0 Å². The minimum atomic E-state index is -0.0651. The van der Waals surface area contributed by atoms with E-state index in [0.717, 1.165) is 0 Å². The molecule has 0 spiro atoms. The Morgan fingerprint density at radius 3 is 2.33 bits per heavy atom. The summed E-state index contributed by atoms with van der Waals surface area (Å²) in [4.78, 5) is 25.3. The molecule has 0 aliphatic carbocycles. The van der Waals surface area contributed by atoms with Crippen LogP contribution < -0.4 is 0 Å². The number of azide groups is 1. The van der Waals surface area contributed by atoms with Crippen LogP contribution in [0.2, 0.25) is 0 Å². The highest BCUT2D eigenvalue weighted by Gasteiger charge is 2.25. The third kappa shape index (κ3) is 7.85. The van der Waals surface area contributed by atoms with Crippen molar-refractivity contribution in [3.8, 4) is 0 Å². The SMILES string of the molecule is CC(=O)CCCC(=O)CC(CN=[N+]=[N-])C(C)(C)C. The Bertz CT molecular complexity index is 339. The van der Waals surface area contributed by atoms with Crippen LogP contribution in [0.3, 0.4) is 0 Å². The summed E-state index contributed by atoms with van der Waals surface area (Å²) in [5, 5.41) is 3.57. The molecule has 0 aliphatic rings. The van der Waals surface area contributed by atoms with Gasteiger partial charge in [0.05, 0.1) is 0 Å². The van der Waals surface area contributed by atoms with Crippen LogP contribution in [0.15, 0.2) is 5.11 Å². The molecule has 0 amide bonds. The smallest absolute Gasteiger partial charge is 0.133 e. The van der Waals surface area contributed by atoms with E-state index in [9.17, 15) is 9.59 Å². The second-order valence-electron chi connectivity index (χ2n) is 5.77. The van der Waals surface area contributed by atoms with E-state index >= 15 is 0 Å². The first kappa shape index (κ1) is 16.6. The van der Waals surface area contributed by atoms with Gasteiger partial charge in [-0.3, -0.25) is 4.79 Å². The zero-order valence-electron chi connectivity index (χ0n) is 11.8. The Labute approximate surface area is 109 Å². The fourth-order valence-electron chi connectivity index (χ4n) is 1.69. The first-order chi connectivity index (χ1) is 8.27. The first-order valence-corrected chi connectivity index (χ1v) is 6.29. The minimum absolute atomic E-state index is 0.0539. The van der Waals surface area contributed by atoms with E-state index < -0.39 is 0 Å². The molecule has 0 aromatic heterocycles. The fourth-order valence-corrected chi connectivity index (χ4v) is 1.69. The van der Waals surface area contributed by atoms with Gasteiger partial charge < -0.3 is 4.79 Å². The van der Waals surface area contributed by atoms with Gasteiger partial charge in [-0.2, -0.15) is 0 Å². The van der Waals surface area contributed by atoms with Crippen molar-refractivity contribution < 1.29 is 9.59 Å². The van der Waals surface area contributed by atoms with Crippen LogP contribution in [-0.2, 0) is 9.59 Å². The summed E-state index contributed by atoms with van der Waals surface area (Å²) in [6.07, 6.45) is 1.93. The Kier molecular flexibility index (Phi) is 7.29. The highest BCUT2D eigenvalue weighted by Crippen LogP contribution is 2.29. The largest absolute Gasteiger partial charge is 0.300 e. The van der Waals surface area contributed by atoms with Gasteiger partial charge in [-0.15, -0.1) is 0 Å². The summed E-state index contributed by atoms with van der Waals surface area (Å²) in [5.74, 6) is 0.312. The molecule has 0 heterocycles. The van der Waals surface area contributed by atoms with Gasteiger partial charge in [0.1, 0.15) is 11.6 Å². The molecule has 5 heteroatoms. The number of nitrogens with zero attached hydrogens (tertiary/aromatic N) is 3. The molecule has 0 fully saturated rings. The molecular weight excluding hydrogens is 230 g/mol. The lowest BCUT2D eigenvalue weighted by molar-refractivity contribution is -0.121. The van der Waals surface area contributed by atoms with Crippen LogP contribution in [-0.4, -0.2) is 18.1 Å². The fraction of sp³-hybridized carbons (Fsp3) is 0.846. The predicted molar refractivity (Wildman–Crippen MR) is 71.1 cm³/mol. The number of rotatable bonds is 8. The van der Waals surface area contributed by atoms with E-state index in [4.69, 9.17) is 5.53 Å². The number of hydrogen-bond acceptors (Lipinski definition) is 3. The van der Waals surface area contributed by atoms with Gasteiger partial charge in [0, 0.05) is 30.7 Å². The highest BCUT2D eigenvalue weighted by atomic mass is 16.1. The van der Waals surface area contributed by atoms with Crippen LogP contribution in [0.1, 0.15) is 53.4 Å². The lowest BCUT2D eigenvalue weighted by atomic mass is 9.77. The molecule has 0 rings (SSSR count). The molecule has 0 radical (unpaired) electrons. The van der Waals surface area contributed by atoms with Crippen molar-refractivity contribution in [1.29, 1.82) is 0 Å². The normalized spacial score (nSPS) is 12.7. The molecule has 0 aliphatic heterocycles. The van der Waals surface area contributed by atoms with Gasteiger partial charge in [0.2, 0.25) is 0 Å². The van der Waals surface area contributed by atoms with E-state index in [0.29, 0.717) is 32.2 Å². The Balaban J connectivity index is 4.27. The molecule has 0 saturated carbocycles. The van der Waals surface area contributed by atoms with Gasteiger partial charge in [-0.05, 0) is 30.2 Å². The van der Waals surface area contributed by atoms with Crippen LogP contribution in [0.25, 0.3) is 10.4 Å². The quantitative estimate of drug-likeness (QED) is 0.375. The minimum Gasteiger partial charge on any atom is -0.300 e. The average Bonchev–Trinajstić information content (AvgIpc) is 2.22. The molecule has 102 valence electrons. The zero-order chi connectivity index (χ0) is 14.2. The van der Waals surface area contributed by atoms with Crippen molar-refractivity contribution in [2.75, 3.05) is 6.54 Å². The summed E-state index contributed by atoms with van der Waals surface area (Å²) < 4.78 is 0. The van der Waals surface area contributed by atoms with Gasteiger partial charge in [0.25, 0.3) is 0 Å². The zero-order valence-corrected chi connectivity index (χ0v) is 11.8. The average molecular weight is 253 g/mol. The van der Waals surface area contributed by atoms with Crippen molar-refractivity contribution in [3.63, 3.8) is 0 Å².